The Balaban J connectivity index is 1.85. The maximum atomic E-state index is 10.9. The number of carboxylic acid groups (broad SMARTS) is 1. The van der Waals surface area contributed by atoms with Crippen LogP contribution in [-0.4, -0.2) is 17.6 Å². The molecule has 1 aliphatic heterocycles. The van der Waals surface area contributed by atoms with Gasteiger partial charge in [-0.15, -0.1) is 0 Å². The second kappa shape index (κ2) is 6.41. The summed E-state index contributed by atoms with van der Waals surface area (Å²) in [6, 6.07) is 13.2. The van der Waals surface area contributed by atoms with E-state index in [1.165, 1.54) is 17.7 Å². The first-order valence-corrected chi connectivity index (χ1v) is 7.87. The van der Waals surface area contributed by atoms with Crippen molar-refractivity contribution in [1.29, 1.82) is 0 Å². The maximum absolute atomic E-state index is 10.9. The summed E-state index contributed by atoms with van der Waals surface area (Å²) in [4.78, 5) is 13.3. The Morgan fingerprint density at radius 2 is 1.91 bits per heavy atom. The molecule has 0 saturated carbocycles. The summed E-state index contributed by atoms with van der Waals surface area (Å²) in [7, 11) is 0. The van der Waals surface area contributed by atoms with E-state index in [1.54, 1.807) is 12.1 Å². The third-order valence-corrected chi connectivity index (χ3v) is 4.32. The zero-order chi connectivity index (χ0) is 15.5. The number of anilines is 1. The smallest absolute Gasteiger partial charge is 0.335 e. The highest BCUT2D eigenvalue weighted by Crippen LogP contribution is 2.30. The van der Waals surface area contributed by atoms with Crippen LogP contribution >= 0.6 is 11.6 Å². The molecule has 0 atom stereocenters. The highest BCUT2D eigenvalue weighted by Gasteiger charge is 2.16. The molecule has 0 saturated heterocycles. The third-order valence-electron chi connectivity index (χ3n) is 4.09. The lowest BCUT2D eigenvalue weighted by atomic mass is 10.1. The molecular formula is C18H18ClNO2. The van der Waals surface area contributed by atoms with Gasteiger partial charge in [-0.25, -0.2) is 4.79 Å². The summed E-state index contributed by atoms with van der Waals surface area (Å²) in [6.07, 6.45) is 3.42. The molecule has 0 aromatic heterocycles. The number of aryl methyl sites for hydroxylation is 1. The Morgan fingerprint density at radius 1 is 1.14 bits per heavy atom. The highest BCUT2D eigenvalue weighted by atomic mass is 35.5. The van der Waals surface area contributed by atoms with E-state index in [2.05, 4.69) is 11.0 Å². The fourth-order valence-electron chi connectivity index (χ4n) is 2.92. The van der Waals surface area contributed by atoms with Gasteiger partial charge in [-0.1, -0.05) is 29.8 Å². The molecule has 0 fully saturated rings. The quantitative estimate of drug-likeness (QED) is 0.913. The lowest BCUT2D eigenvalue weighted by Gasteiger charge is -2.25. The molecule has 2 aromatic carbocycles. The summed E-state index contributed by atoms with van der Waals surface area (Å²) in [6.45, 7) is 1.77. The molecule has 0 spiro atoms. The number of benzene rings is 2. The number of carbonyl (C=O) groups is 1. The first-order valence-electron chi connectivity index (χ1n) is 7.49. The highest BCUT2D eigenvalue weighted by molar-refractivity contribution is 6.30. The first kappa shape index (κ1) is 14.9. The average molecular weight is 316 g/mol. The molecule has 2 aromatic rings. The van der Waals surface area contributed by atoms with Gasteiger partial charge in [0.25, 0.3) is 0 Å². The summed E-state index contributed by atoms with van der Waals surface area (Å²) < 4.78 is 0. The Bertz CT molecular complexity index is 682. The van der Waals surface area contributed by atoms with Gasteiger partial charge in [0, 0.05) is 23.8 Å². The van der Waals surface area contributed by atoms with Crippen molar-refractivity contribution in [2.75, 3.05) is 11.4 Å². The number of rotatable bonds is 3. The number of halogens is 1. The SMILES string of the molecule is O=C(O)c1ccc(CN2CCCCc3ccc(Cl)cc32)cc1. The van der Waals surface area contributed by atoms with Crippen molar-refractivity contribution in [3.05, 3.63) is 64.2 Å². The van der Waals surface area contributed by atoms with Crippen LogP contribution in [-0.2, 0) is 13.0 Å². The zero-order valence-electron chi connectivity index (χ0n) is 12.3. The molecule has 0 unspecified atom stereocenters. The molecule has 114 valence electrons. The van der Waals surface area contributed by atoms with Crippen molar-refractivity contribution in [2.45, 2.75) is 25.8 Å². The van der Waals surface area contributed by atoms with Crippen molar-refractivity contribution in [3.8, 4) is 0 Å². The number of fused-ring (bicyclic) bond motifs is 1. The molecule has 3 rings (SSSR count). The van der Waals surface area contributed by atoms with Crippen molar-refractivity contribution in [2.24, 2.45) is 0 Å². The fourth-order valence-corrected chi connectivity index (χ4v) is 3.09. The van der Waals surface area contributed by atoms with Gasteiger partial charge in [-0.05, 0) is 54.7 Å². The van der Waals surface area contributed by atoms with Gasteiger partial charge in [0.15, 0.2) is 0 Å². The fraction of sp³-hybridized carbons (Fsp3) is 0.278. The van der Waals surface area contributed by atoms with E-state index in [1.807, 2.05) is 24.3 Å². The molecule has 0 aliphatic carbocycles. The van der Waals surface area contributed by atoms with Crippen molar-refractivity contribution >= 4 is 23.3 Å². The van der Waals surface area contributed by atoms with Crippen LogP contribution in [0.1, 0.15) is 34.3 Å². The van der Waals surface area contributed by atoms with E-state index in [0.29, 0.717) is 5.56 Å². The number of carboxylic acids is 1. The van der Waals surface area contributed by atoms with Crippen LogP contribution in [0.2, 0.25) is 5.02 Å². The molecule has 0 bridgehead atoms. The second-order valence-corrected chi connectivity index (χ2v) is 6.09. The molecule has 22 heavy (non-hydrogen) atoms. The molecule has 1 aliphatic rings. The second-order valence-electron chi connectivity index (χ2n) is 5.65. The summed E-state index contributed by atoms with van der Waals surface area (Å²) >= 11 is 6.16. The van der Waals surface area contributed by atoms with Gasteiger partial charge in [-0.3, -0.25) is 0 Å². The van der Waals surface area contributed by atoms with Crippen molar-refractivity contribution in [1.82, 2.24) is 0 Å². The Hall–Kier alpha value is -2.00. The molecule has 0 amide bonds. The van der Waals surface area contributed by atoms with E-state index in [0.717, 1.165) is 36.5 Å². The van der Waals surface area contributed by atoms with Gasteiger partial charge >= 0.3 is 5.97 Å². The molecule has 1 N–H and O–H groups in total. The predicted molar refractivity (Wildman–Crippen MR) is 88.8 cm³/mol. The van der Waals surface area contributed by atoms with E-state index in [-0.39, 0.29) is 0 Å². The van der Waals surface area contributed by atoms with Crippen LogP contribution < -0.4 is 4.90 Å². The Morgan fingerprint density at radius 3 is 2.64 bits per heavy atom. The van der Waals surface area contributed by atoms with Crippen LogP contribution in [0.15, 0.2) is 42.5 Å². The average Bonchev–Trinajstić information content (AvgIpc) is 2.70. The number of hydrogen-bond acceptors (Lipinski definition) is 2. The summed E-state index contributed by atoms with van der Waals surface area (Å²) in [5, 5.41) is 9.73. The maximum Gasteiger partial charge on any atom is 0.335 e. The Labute approximate surface area is 135 Å². The summed E-state index contributed by atoms with van der Waals surface area (Å²) in [5.41, 5.74) is 3.97. The minimum Gasteiger partial charge on any atom is -0.478 e. The van der Waals surface area contributed by atoms with Crippen LogP contribution in [0.25, 0.3) is 0 Å². The topological polar surface area (TPSA) is 40.5 Å². The van der Waals surface area contributed by atoms with Crippen LogP contribution in [0.4, 0.5) is 5.69 Å². The van der Waals surface area contributed by atoms with Crippen LogP contribution in [0.3, 0.4) is 0 Å². The minimum absolute atomic E-state index is 0.322. The van der Waals surface area contributed by atoms with Gasteiger partial charge in [0.2, 0.25) is 0 Å². The van der Waals surface area contributed by atoms with E-state index in [4.69, 9.17) is 16.7 Å². The monoisotopic (exact) mass is 315 g/mol. The third kappa shape index (κ3) is 3.25. The van der Waals surface area contributed by atoms with E-state index < -0.39 is 5.97 Å². The molecule has 1 heterocycles. The van der Waals surface area contributed by atoms with Crippen LogP contribution in [0.5, 0.6) is 0 Å². The summed E-state index contributed by atoms with van der Waals surface area (Å²) in [5.74, 6) is -0.890. The van der Waals surface area contributed by atoms with Gasteiger partial charge in [0.1, 0.15) is 0 Å². The lowest BCUT2D eigenvalue weighted by Crippen LogP contribution is -2.23. The normalized spacial score (nSPS) is 14.3. The molecule has 3 nitrogen and oxygen atoms in total. The van der Waals surface area contributed by atoms with Gasteiger partial charge < -0.3 is 10.0 Å². The minimum atomic E-state index is -0.890. The largest absolute Gasteiger partial charge is 0.478 e. The lowest BCUT2D eigenvalue weighted by molar-refractivity contribution is 0.0697. The Kier molecular flexibility index (Phi) is 4.34. The standard InChI is InChI=1S/C18H18ClNO2/c19-16-9-8-14-3-1-2-10-20(17(14)11-16)12-13-4-6-15(7-5-13)18(21)22/h4-9,11H,1-3,10,12H2,(H,21,22). The molecular weight excluding hydrogens is 298 g/mol. The van der Waals surface area contributed by atoms with E-state index >= 15 is 0 Å². The van der Waals surface area contributed by atoms with Gasteiger partial charge in [0.05, 0.1) is 5.56 Å². The number of nitrogens with zero attached hydrogens (tertiary/aromatic N) is 1. The molecule has 0 radical (unpaired) electrons. The van der Waals surface area contributed by atoms with Crippen molar-refractivity contribution < 1.29 is 9.90 Å². The van der Waals surface area contributed by atoms with Crippen LogP contribution in [0, 0.1) is 0 Å². The number of hydrogen-bond donors (Lipinski definition) is 1. The number of aromatic carboxylic acids is 1. The zero-order valence-corrected chi connectivity index (χ0v) is 13.0. The van der Waals surface area contributed by atoms with Gasteiger partial charge in [-0.2, -0.15) is 0 Å². The predicted octanol–water partition coefficient (Wildman–Crippen LogP) is 4.38. The van der Waals surface area contributed by atoms with E-state index in [9.17, 15) is 4.79 Å². The first-order chi connectivity index (χ1) is 10.6. The van der Waals surface area contributed by atoms with Crippen molar-refractivity contribution in [3.63, 3.8) is 0 Å². The molecule has 4 heteroatoms.